The fourth-order valence-corrected chi connectivity index (χ4v) is 6.97. The van der Waals surface area contributed by atoms with E-state index in [1.165, 1.54) is 12.1 Å². The number of benzene rings is 4. The summed E-state index contributed by atoms with van der Waals surface area (Å²) in [5.41, 5.74) is 3.58. The third kappa shape index (κ3) is 8.35. The van der Waals surface area contributed by atoms with Crippen molar-refractivity contribution in [1.82, 2.24) is 10.2 Å². The summed E-state index contributed by atoms with van der Waals surface area (Å²) in [6.07, 6.45) is 0.353. The van der Waals surface area contributed by atoms with E-state index in [4.69, 9.17) is 4.74 Å². The van der Waals surface area contributed by atoms with Gasteiger partial charge in [0.05, 0.1) is 5.56 Å². The molecule has 1 fully saturated rings. The van der Waals surface area contributed by atoms with Gasteiger partial charge in [-0.15, -0.1) is 0 Å². The number of aliphatic carboxylic acids is 1. The minimum Gasteiger partial charge on any atom is -0.489 e. The van der Waals surface area contributed by atoms with Crippen molar-refractivity contribution in [2.75, 3.05) is 6.54 Å². The lowest BCUT2D eigenvalue weighted by Crippen LogP contribution is -2.51. The lowest BCUT2D eigenvalue weighted by molar-refractivity contribution is -0.145. The van der Waals surface area contributed by atoms with Crippen molar-refractivity contribution in [3.8, 4) is 16.9 Å². The number of halogens is 3. The van der Waals surface area contributed by atoms with Gasteiger partial charge < -0.3 is 20.1 Å². The van der Waals surface area contributed by atoms with Crippen molar-refractivity contribution in [2.45, 2.75) is 69.8 Å². The van der Waals surface area contributed by atoms with E-state index in [1.54, 1.807) is 23.1 Å². The molecule has 4 aromatic carbocycles. The van der Waals surface area contributed by atoms with Gasteiger partial charge in [0.25, 0.3) is 0 Å². The molecule has 260 valence electrons. The third-order valence-electron chi connectivity index (χ3n) is 9.63. The van der Waals surface area contributed by atoms with Crippen LogP contribution in [0.3, 0.4) is 0 Å². The monoisotopic (exact) mass is 684 g/mol. The van der Waals surface area contributed by atoms with E-state index in [9.17, 15) is 32.7 Å². The normalized spacial score (nSPS) is 16.8. The van der Waals surface area contributed by atoms with Crippen molar-refractivity contribution in [3.05, 3.63) is 125 Å². The number of carbonyl (C=O) groups excluding carboxylic acids is 2. The highest BCUT2D eigenvalue weighted by Gasteiger charge is 2.39. The van der Waals surface area contributed by atoms with Crippen molar-refractivity contribution < 1.29 is 37.4 Å². The quantitative estimate of drug-likeness (QED) is 0.168. The standard InChI is InChI=1S/C40H39F3N2O5/c41-40(42,43)32-12-6-9-28(21-32)25-50-33-18-17-31-19-20-45(36(46)23-26-7-4-5-8-26)37(34(31)24-33)38(47)44-35(39(48)49)22-27-13-15-30(16-14-27)29-10-2-1-3-11-29/h1-3,6,9-18,21,24,26,35,37H,4-5,7-8,19-20,22-23,25H2,(H,44,47)(H,48,49)/t35-,37?/m0/s1. The molecular formula is C40H39F3N2O5. The van der Waals surface area contributed by atoms with Crippen molar-refractivity contribution >= 4 is 17.8 Å². The van der Waals surface area contributed by atoms with E-state index >= 15 is 0 Å². The van der Waals surface area contributed by atoms with Crippen LogP contribution in [0.15, 0.2) is 97.1 Å². The molecule has 6 rings (SSSR count). The van der Waals surface area contributed by atoms with Crippen LogP contribution in [0.25, 0.3) is 11.1 Å². The zero-order chi connectivity index (χ0) is 35.3. The first-order valence-electron chi connectivity index (χ1n) is 16.9. The smallest absolute Gasteiger partial charge is 0.416 e. The minimum atomic E-state index is -4.49. The van der Waals surface area contributed by atoms with Gasteiger partial charge in [-0.3, -0.25) is 9.59 Å². The number of carboxylic acids is 1. The molecule has 10 heteroatoms. The number of hydrogen-bond donors (Lipinski definition) is 2. The Labute approximate surface area is 289 Å². The van der Waals surface area contributed by atoms with Gasteiger partial charge in [0.1, 0.15) is 24.4 Å². The summed E-state index contributed by atoms with van der Waals surface area (Å²) in [5.74, 6) is -1.43. The van der Waals surface area contributed by atoms with Gasteiger partial charge in [-0.25, -0.2) is 4.79 Å². The molecule has 0 radical (unpaired) electrons. The number of hydrogen-bond acceptors (Lipinski definition) is 4. The second kappa shape index (κ2) is 15.2. The molecule has 2 amide bonds. The van der Waals surface area contributed by atoms with Crippen molar-refractivity contribution in [1.29, 1.82) is 0 Å². The molecule has 0 saturated heterocycles. The molecule has 2 N–H and O–H groups in total. The number of carboxylic acid groups (broad SMARTS) is 1. The number of amides is 2. The van der Waals surface area contributed by atoms with Crippen LogP contribution in [0.4, 0.5) is 13.2 Å². The lowest BCUT2D eigenvalue weighted by atomic mass is 9.90. The first-order chi connectivity index (χ1) is 24.0. The molecule has 1 unspecified atom stereocenters. The molecule has 2 aliphatic rings. The van der Waals surface area contributed by atoms with Crippen LogP contribution in [-0.4, -0.2) is 40.4 Å². The summed E-state index contributed by atoms with van der Waals surface area (Å²) in [4.78, 5) is 41.9. The van der Waals surface area contributed by atoms with Crippen LogP contribution in [-0.2, 0) is 40.0 Å². The highest BCUT2D eigenvalue weighted by Crippen LogP contribution is 2.36. The van der Waals surface area contributed by atoms with Crippen LogP contribution in [0.1, 0.15) is 66.0 Å². The van der Waals surface area contributed by atoms with E-state index in [0.717, 1.165) is 60.1 Å². The summed E-state index contributed by atoms with van der Waals surface area (Å²) >= 11 is 0. The lowest BCUT2D eigenvalue weighted by Gasteiger charge is -2.37. The molecule has 4 aromatic rings. The van der Waals surface area contributed by atoms with Crippen LogP contribution in [0.5, 0.6) is 5.75 Å². The van der Waals surface area contributed by atoms with E-state index in [0.29, 0.717) is 36.3 Å². The predicted octanol–water partition coefficient (Wildman–Crippen LogP) is 7.77. The highest BCUT2D eigenvalue weighted by atomic mass is 19.4. The van der Waals surface area contributed by atoms with E-state index in [-0.39, 0.29) is 24.9 Å². The Morgan fingerprint density at radius 3 is 2.28 bits per heavy atom. The number of ether oxygens (including phenoxy) is 1. The van der Waals surface area contributed by atoms with E-state index in [2.05, 4.69) is 5.32 Å². The Bertz CT molecular complexity index is 1820. The predicted molar refractivity (Wildman–Crippen MR) is 182 cm³/mol. The zero-order valence-electron chi connectivity index (χ0n) is 27.5. The summed E-state index contributed by atoms with van der Waals surface area (Å²) in [6.45, 7) is 0.147. The van der Waals surface area contributed by atoms with Gasteiger partial charge >= 0.3 is 12.1 Å². The molecule has 50 heavy (non-hydrogen) atoms. The number of carbonyl (C=O) groups is 3. The molecule has 0 aromatic heterocycles. The van der Waals surface area contributed by atoms with Crippen LogP contribution in [0, 0.1) is 5.92 Å². The Balaban J connectivity index is 1.24. The number of alkyl halides is 3. The van der Waals surface area contributed by atoms with Gasteiger partial charge in [-0.1, -0.05) is 85.6 Å². The molecule has 7 nitrogen and oxygen atoms in total. The third-order valence-corrected chi connectivity index (χ3v) is 9.63. The minimum absolute atomic E-state index is 0.0336. The van der Waals surface area contributed by atoms with Gasteiger partial charge in [0, 0.05) is 19.4 Å². The topological polar surface area (TPSA) is 95.9 Å². The maximum atomic E-state index is 14.2. The van der Waals surface area contributed by atoms with Gasteiger partial charge in [-0.2, -0.15) is 13.2 Å². The Hall–Kier alpha value is -5.12. The average molecular weight is 685 g/mol. The molecular weight excluding hydrogens is 645 g/mol. The summed E-state index contributed by atoms with van der Waals surface area (Å²) < 4.78 is 45.7. The number of nitrogens with one attached hydrogen (secondary N) is 1. The van der Waals surface area contributed by atoms with Crippen LogP contribution in [0.2, 0.25) is 0 Å². The Morgan fingerprint density at radius 2 is 1.58 bits per heavy atom. The fourth-order valence-electron chi connectivity index (χ4n) is 6.97. The van der Waals surface area contributed by atoms with Crippen molar-refractivity contribution in [2.24, 2.45) is 5.92 Å². The number of nitrogens with zero attached hydrogens (tertiary/aromatic N) is 1. The second-order valence-electron chi connectivity index (χ2n) is 13.1. The molecule has 1 aliphatic carbocycles. The number of fused-ring (bicyclic) bond motifs is 1. The average Bonchev–Trinajstić information content (AvgIpc) is 3.63. The summed E-state index contributed by atoms with van der Waals surface area (Å²) in [5, 5.41) is 12.9. The Kier molecular flexibility index (Phi) is 10.6. The maximum absolute atomic E-state index is 14.2. The van der Waals surface area contributed by atoms with Crippen LogP contribution >= 0.6 is 0 Å². The first kappa shape index (κ1) is 34.7. The zero-order valence-corrected chi connectivity index (χ0v) is 27.5. The van der Waals surface area contributed by atoms with Crippen LogP contribution < -0.4 is 10.1 Å². The second-order valence-corrected chi connectivity index (χ2v) is 13.1. The van der Waals surface area contributed by atoms with Gasteiger partial charge in [0.2, 0.25) is 11.8 Å². The van der Waals surface area contributed by atoms with Gasteiger partial charge in [-0.05, 0) is 82.8 Å². The molecule has 1 heterocycles. The first-order valence-corrected chi connectivity index (χ1v) is 16.9. The van der Waals surface area contributed by atoms with E-state index in [1.807, 2.05) is 54.6 Å². The maximum Gasteiger partial charge on any atom is 0.416 e. The molecule has 0 spiro atoms. The summed E-state index contributed by atoms with van der Waals surface area (Å²) in [6, 6.07) is 24.9. The van der Waals surface area contributed by atoms with E-state index < -0.39 is 35.7 Å². The highest BCUT2D eigenvalue weighted by molar-refractivity contribution is 5.92. The SMILES string of the molecule is O=C(N[C@@H](Cc1ccc(-c2ccccc2)cc1)C(=O)O)C1c2cc(OCc3cccc(C(F)(F)F)c3)ccc2CCN1C(=O)CC1CCCC1. The fraction of sp³-hybridized carbons (Fsp3) is 0.325. The number of rotatable bonds is 11. The molecule has 1 saturated carbocycles. The van der Waals surface area contributed by atoms with Gasteiger partial charge in [0.15, 0.2) is 0 Å². The largest absolute Gasteiger partial charge is 0.489 e. The molecule has 0 bridgehead atoms. The Morgan fingerprint density at radius 1 is 0.860 bits per heavy atom. The summed E-state index contributed by atoms with van der Waals surface area (Å²) in [7, 11) is 0. The molecule has 2 atom stereocenters. The van der Waals surface area contributed by atoms with Crippen molar-refractivity contribution in [3.63, 3.8) is 0 Å². The molecule has 1 aliphatic heterocycles.